The Morgan fingerprint density at radius 1 is 1.17 bits per heavy atom. The first-order chi connectivity index (χ1) is 8.52. The van der Waals surface area contributed by atoms with Gasteiger partial charge in [0.15, 0.2) is 0 Å². The first kappa shape index (κ1) is 12.8. The van der Waals surface area contributed by atoms with Crippen LogP contribution >= 0.6 is 0 Å². The highest BCUT2D eigenvalue weighted by molar-refractivity contribution is 5.76. The highest BCUT2D eigenvalue weighted by Crippen LogP contribution is 2.21. The Kier molecular flexibility index (Phi) is 3.48. The zero-order valence-corrected chi connectivity index (χ0v) is 11.2. The van der Waals surface area contributed by atoms with Crippen molar-refractivity contribution in [1.82, 2.24) is 9.97 Å². The van der Waals surface area contributed by atoms with Crippen LogP contribution in [-0.2, 0) is 0 Å². The van der Waals surface area contributed by atoms with E-state index in [4.69, 9.17) is 5.73 Å². The first-order valence-corrected chi connectivity index (χ1v) is 6.23. The minimum absolute atomic E-state index is 0.0728. The maximum atomic E-state index is 5.62. The van der Waals surface area contributed by atoms with Crippen LogP contribution < -0.4 is 11.1 Å². The lowest BCUT2D eigenvalue weighted by Gasteiger charge is -2.27. The number of para-hydroxylation sites is 2. The molecule has 0 unspecified atom stereocenters. The molecule has 1 heterocycles. The van der Waals surface area contributed by atoms with Gasteiger partial charge in [0.1, 0.15) is 5.82 Å². The molecular weight excluding hydrogens is 224 g/mol. The molecule has 0 saturated heterocycles. The quantitative estimate of drug-likeness (QED) is 0.867. The van der Waals surface area contributed by atoms with Crippen molar-refractivity contribution >= 4 is 16.9 Å². The second-order valence-corrected chi connectivity index (χ2v) is 5.19. The number of benzene rings is 1. The molecule has 4 heteroatoms. The summed E-state index contributed by atoms with van der Waals surface area (Å²) in [6.07, 6.45) is 0.890. The van der Waals surface area contributed by atoms with E-state index < -0.39 is 0 Å². The molecule has 1 aromatic carbocycles. The monoisotopic (exact) mass is 244 g/mol. The van der Waals surface area contributed by atoms with E-state index in [2.05, 4.69) is 29.1 Å². The van der Waals surface area contributed by atoms with Gasteiger partial charge in [0, 0.05) is 5.54 Å². The number of hydrogen-bond acceptors (Lipinski definition) is 4. The molecule has 18 heavy (non-hydrogen) atoms. The minimum atomic E-state index is -0.0728. The second kappa shape index (κ2) is 4.90. The van der Waals surface area contributed by atoms with Gasteiger partial charge in [-0.25, -0.2) is 9.97 Å². The normalized spacial score (nSPS) is 11.8. The molecule has 0 bridgehead atoms. The molecule has 3 N–H and O–H groups in total. The lowest BCUT2D eigenvalue weighted by atomic mass is 10.0. The van der Waals surface area contributed by atoms with Gasteiger partial charge in [-0.05, 0) is 45.9 Å². The molecule has 0 aliphatic heterocycles. The van der Waals surface area contributed by atoms with Gasteiger partial charge < -0.3 is 11.1 Å². The Bertz CT molecular complexity index is 548. The van der Waals surface area contributed by atoms with Crippen molar-refractivity contribution in [2.75, 3.05) is 11.9 Å². The smallest absolute Gasteiger partial charge is 0.148 e. The van der Waals surface area contributed by atoms with Gasteiger partial charge >= 0.3 is 0 Å². The standard InChI is InChI=1S/C14H20N4/c1-10-13(18-14(2,3)8-9-15)17-12-7-5-4-6-11(12)16-10/h4-7H,8-9,15H2,1-3H3,(H,17,18). The highest BCUT2D eigenvalue weighted by Gasteiger charge is 2.18. The third-order valence-electron chi connectivity index (χ3n) is 2.97. The number of nitrogens with two attached hydrogens (primary N) is 1. The summed E-state index contributed by atoms with van der Waals surface area (Å²) in [6.45, 7) is 6.87. The number of aryl methyl sites for hydroxylation is 1. The van der Waals surface area contributed by atoms with E-state index >= 15 is 0 Å². The number of aromatic nitrogens is 2. The van der Waals surface area contributed by atoms with E-state index in [1.807, 2.05) is 31.2 Å². The molecule has 96 valence electrons. The van der Waals surface area contributed by atoms with Crippen molar-refractivity contribution in [3.8, 4) is 0 Å². The average Bonchev–Trinajstić information content (AvgIpc) is 2.29. The molecule has 2 rings (SSSR count). The van der Waals surface area contributed by atoms with Crippen LogP contribution in [0.15, 0.2) is 24.3 Å². The van der Waals surface area contributed by atoms with Crippen molar-refractivity contribution in [3.63, 3.8) is 0 Å². The van der Waals surface area contributed by atoms with Gasteiger partial charge in [0.2, 0.25) is 0 Å². The molecule has 1 aromatic heterocycles. The lowest BCUT2D eigenvalue weighted by Crippen LogP contribution is -2.34. The Morgan fingerprint density at radius 3 is 2.39 bits per heavy atom. The number of nitrogens with zero attached hydrogens (tertiary/aromatic N) is 2. The van der Waals surface area contributed by atoms with Crippen LogP contribution in [0, 0.1) is 6.92 Å². The molecule has 2 aromatic rings. The van der Waals surface area contributed by atoms with E-state index in [1.165, 1.54) is 0 Å². The number of hydrogen-bond donors (Lipinski definition) is 2. The SMILES string of the molecule is Cc1nc2ccccc2nc1NC(C)(C)CCN. The van der Waals surface area contributed by atoms with Crippen LogP contribution in [-0.4, -0.2) is 22.1 Å². The topological polar surface area (TPSA) is 63.8 Å². The molecule has 0 fully saturated rings. The molecule has 0 radical (unpaired) electrons. The van der Waals surface area contributed by atoms with E-state index in [0.717, 1.165) is 29.0 Å². The van der Waals surface area contributed by atoms with Gasteiger partial charge in [-0.3, -0.25) is 0 Å². The van der Waals surface area contributed by atoms with Crippen LogP contribution in [0.5, 0.6) is 0 Å². The van der Waals surface area contributed by atoms with Crippen molar-refractivity contribution in [2.24, 2.45) is 5.73 Å². The summed E-state index contributed by atoms with van der Waals surface area (Å²) in [6, 6.07) is 7.90. The van der Waals surface area contributed by atoms with E-state index in [0.29, 0.717) is 6.54 Å². The minimum Gasteiger partial charge on any atom is -0.364 e. The maximum Gasteiger partial charge on any atom is 0.148 e. The molecule has 0 aliphatic rings. The van der Waals surface area contributed by atoms with Gasteiger partial charge in [0.05, 0.1) is 16.7 Å². The summed E-state index contributed by atoms with van der Waals surface area (Å²) < 4.78 is 0. The van der Waals surface area contributed by atoms with Crippen LogP contribution in [0.1, 0.15) is 26.0 Å². The summed E-state index contributed by atoms with van der Waals surface area (Å²) in [4.78, 5) is 9.19. The molecule has 0 atom stereocenters. The fraction of sp³-hybridized carbons (Fsp3) is 0.429. The van der Waals surface area contributed by atoms with E-state index in [-0.39, 0.29) is 5.54 Å². The summed E-state index contributed by atoms with van der Waals surface area (Å²) in [5, 5.41) is 3.43. The Balaban J connectivity index is 2.36. The largest absolute Gasteiger partial charge is 0.364 e. The van der Waals surface area contributed by atoms with Gasteiger partial charge in [-0.15, -0.1) is 0 Å². The Labute approximate surface area is 108 Å². The summed E-state index contributed by atoms with van der Waals surface area (Å²) in [5.74, 6) is 0.840. The van der Waals surface area contributed by atoms with Gasteiger partial charge in [0.25, 0.3) is 0 Å². The number of nitrogens with one attached hydrogen (secondary N) is 1. The van der Waals surface area contributed by atoms with Crippen molar-refractivity contribution < 1.29 is 0 Å². The number of rotatable bonds is 4. The predicted octanol–water partition coefficient (Wildman–Crippen LogP) is 2.48. The van der Waals surface area contributed by atoms with Crippen molar-refractivity contribution in [2.45, 2.75) is 32.7 Å². The molecule has 0 spiro atoms. The second-order valence-electron chi connectivity index (χ2n) is 5.19. The summed E-state index contributed by atoms with van der Waals surface area (Å²) in [5.41, 5.74) is 8.30. The molecular formula is C14H20N4. The number of fused-ring (bicyclic) bond motifs is 1. The zero-order chi connectivity index (χ0) is 13.2. The Morgan fingerprint density at radius 2 is 1.78 bits per heavy atom. The number of anilines is 1. The van der Waals surface area contributed by atoms with Crippen LogP contribution in [0.3, 0.4) is 0 Å². The Hall–Kier alpha value is -1.68. The predicted molar refractivity (Wildman–Crippen MR) is 75.6 cm³/mol. The first-order valence-electron chi connectivity index (χ1n) is 6.23. The van der Waals surface area contributed by atoms with Crippen molar-refractivity contribution in [3.05, 3.63) is 30.0 Å². The van der Waals surface area contributed by atoms with E-state index in [1.54, 1.807) is 0 Å². The average molecular weight is 244 g/mol. The van der Waals surface area contributed by atoms with Crippen molar-refractivity contribution in [1.29, 1.82) is 0 Å². The third kappa shape index (κ3) is 2.76. The third-order valence-corrected chi connectivity index (χ3v) is 2.97. The van der Waals surface area contributed by atoms with Crippen LogP contribution in [0.25, 0.3) is 11.0 Å². The molecule has 0 amide bonds. The highest BCUT2D eigenvalue weighted by atomic mass is 15.1. The van der Waals surface area contributed by atoms with Crippen LogP contribution in [0.4, 0.5) is 5.82 Å². The fourth-order valence-electron chi connectivity index (χ4n) is 1.95. The fourth-order valence-corrected chi connectivity index (χ4v) is 1.95. The van der Waals surface area contributed by atoms with Crippen LogP contribution in [0.2, 0.25) is 0 Å². The lowest BCUT2D eigenvalue weighted by molar-refractivity contribution is 0.524. The summed E-state index contributed by atoms with van der Waals surface area (Å²) in [7, 11) is 0. The van der Waals surface area contributed by atoms with Gasteiger partial charge in [-0.1, -0.05) is 12.1 Å². The maximum absolute atomic E-state index is 5.62. The van der Waals surface area contributed by atoms with E-state index in [9.17, 15) is 0 Å². The molecule has 4 nitrogen and oxygen atoms in total. The summed E-state index contributed by atoms with van der Waals surface area (Å²) >= 11 is 0. The molecule has 0 aliphatic carbocycles. The zero-order valence-electron chi connectivity index (χ0n) is 11.2. The van der Waals surface area contributed by atoms with Gasteiger partial charge in [-0.2, -0.15) is 0 Å². The molecule has 0 saturated carbocycles.